The number of hydrogen-bond acceptors (Lipinski definition) is 3. The SMILES string of the molecule is O=C1c2ccccc2CN1CCCCCC(=O)N1CCCC[C@@H]1c1cccnc1. The molecule has 1 fully saturated rings. The van der Waals surface area contributed by atoms with Gasteiger partial charge in [0.05, 0.1) is 6.04 Å². The van der Waals surface area contributed by atoms with Gasteiger partial charge in [0.1, 0.15) is 0 Å². The van der Waals surface area contributed by atoms with E-state index in [0.717, 1.165) is 68.3 Å². The summed E-state index contributed by atoms with van der Waals surface area (Å²) >= 11 is 0. The van der Waals surface area contributed by atoms with E-state index in [0.29, 0.717) is 13.0 Å². The molecule has 2 aromatic rings. The smallest absolute Gasteiger partial charge is 0.254 e. The number of aromatic nitrogens is 1. The average Bonchev–Trinajstić information content (AvgIpc) is 3.10. The second kappa shape index (κ2) is 9.21. The number of pyridine rings is 1. The van der Waals surface area contributed by atoms with Crippen molar-refractivity contribution >= 4 is 11.8 Å². The van der Waals surface area contributed by atoms with Crippen molar-refractivity contribution in [3.8, 4) is 0 Å². The van der Waals surface area contributed by atoms with E-state index in [9.17, 15) is 9.59 Å². The molecule has 0 radical (unpaired) electrons. The summed E-state index contributed by atoms with van der Waals surface area (Å²) in [6, 6.07) is 12.0. The van der Waals surface area contributed by atoms with Crippen molar-refractivity contribution < 1.29 is 9.59 Å². The summed E-state index contributed by atoms with van der Waals surface area (Å²) in [6.07, 6.45) is 10.3. The lowest BCUT2D eigenvalue weighted by Crippen LogP contribution is -2.38. The van der Waals surface area contributed by atoms with Crippen LogP contribution in [-0.4, -0.2) is 39.7 Å². The van der Waals surface area contributed by atoms with E-state index in [-0.39, 0.29) is 17.9 Å². The number of unbranched alkanes of at least 4 members (excludes halogenated alkanes) is 2. The highest BCUT2D eigenvalue weighted by Crippen LogP contribution is 2.31. The fraction of sp³-hybridized carbons (Fsp3) is 0.458. The second-order valence-electron chi connectivity index (χ2n) is 8.08. The number of carbonyl (C=O) groups excluding carboxylic acids is 2. The van der Waals surface area contributed by atoms with Crippen LogP contribution in [0, 0.1) is 0 Å². The molecule has 4 rings (SSSR count). The number of piperidine rings is 1. The molecule has 1 atom stereocenters. The minimum atomic E-state index is 0.143. The number of benzene rings is 1. The van der Waals surface area contributed by atoms with E-state index >= 15 is 0 Å². The molecule has 2 aliphatic heterocycles. The summed E-state index contributed by atoms with van der Waals surface area (Å²) < 4.78 is 0. The Labute approximate surface area is 172 Å². The van der Waals surface area contributed by atoms with Crippen LogP contribution >= 0.6 is 0 Å². The van der Waals surface area contributed by atoms with Crippen molar-refractivity contribution in [1.29, 1.82) is 0 Å². The van der Waals surface area contributed by atoms with Crippen LogP contribution in [0.1, 0.15) is 72.5 Å². The third-order valence-corrected chi connectivity index (χ3v) is 6.11. The Morgan fingerprint density at radius 1 is 1.07 bits per heavy atom. The fourth-order valence-electron chi connectivity index (χ4n) is 4.54. The second-order valence-corrected chi connectivity index (χ2v) is 8.08. The summed E-state index contributed by atoms with van der Waals surface area (Å²) in [7, 11) is 0. The van der Waals surface area contributed by atoms with Crippen molar-refractivity contribution in [1.82, 2.24) is 14.8 Å². The van der Waals surface area contributed by atoms with E-state index < -0.39 is 0 Å². The molecule has 2 amide bonds. The predicted octanol–water partition coefficient (Wildman–Crippen LogP) is 4.35. The summed E-state index contributed by atoms with van der Waals surface area (Å²) in [5.41, 5.74) is 3.11. The maximum Gasteiger partial charge on any atom is 0.254 e. The van der Waals surface area contributed by atoms with Crippen molar-refractivity contribution in [2.45, 2.75) is 57.5 Å². The molecule has 0 saturated carbocycles. The highest BCUT2D eigenvalue weighted by Gasteiger charge is 2.28. The maximum absolute atomic E-state index is 12.8. The van der Waals surface area contributed by atoms with Crippen molar-refractivity contribution in [2.75, 3.05) is 13.1 Å². The van der Waals surface area contributed by atoms with Gasteiger partial charge in [-0.3, -0.25) is 14.6 Å². The zero-order valence-electron chi connectivity index (χ0n) is 16.9. The Balaban J connectivity index is 1.21. The fourth-order valence-corrected chi connectivity index (χ4v) is 4.54. The van der Waals surface area contributed by atoms with Crippen LogP contribution in [0.3, 0.4) is 0 Å². The summed E-state index contributed by atoms with van der Waals surface area (Å²) in [5, 5.41) is 0. The van der Waals surface area contributed by atoms with Crippen LogP contribution in [0.25, 0.3) is 0 Å². The first-order valence-electron chi connectivity index (χ1n) is 10.8. The molecule has 0 spiro atoms. The van der Waals surface area contributed by atoms with Gasteiger partial charge in [-0.05, 0) is 55.4 Å². The topological polar surface area (TPSA) is 53.5 Å². The van der Waals surface area contributed by atoms with Gasteiger partial charge in [-0.25, -0.2) is 0 Å². The summed E-state index contributed by atoms with van der Waals surface area (Å²) in [6.45, 7) is 2.33. The Morgan fingerprint density at radius 2 is 1.97 bits per heavy atom. The van der Waals surface area contributed by atoms with E-state index in [1.165, 1.54) is 0 Å². The Bertz CT molecular complexity index is 852. The van der Waals surface area contributed by atoms with Crippen LogP contribution in [0.5, 0.6) is 0 Å². The zero-order chi connectivity index (χ0) is 20.1. The van der Waals surface area contributed by atoms with Crippen LogP contribution in [0.2, 0.25) is 0 Å². The lowest BCUT2D eigenvalue weighted by Gasteiger charge is -2.36. The summed E-state index contributed by atoms with van der Waals surface area (Å²) in [4.78, 5) is 33.5. The van der Waals surface area contributed by atoms with Gasteiger partial charge in [-0.1, -0.05) is 30.7 Å². The highest BCUT2D eigenvalue weighted by atomic mass is 16.2. The quantitative estimate of drug-likeness (QED) is 0.659. The van der Waals surface area contributed by atoms with Gasteiger partial charge in [0.2, 0.25) is 5.91 Å². The Morgan fingerprint density at radius 3 is 2.79 bits per heavy atom. The molecule has 2 aliphatic rings. The molecular formula is C24H29N3O2. The first-order chi connectivity index (χ1) is 14.2. The van der Waals surface area contributed by atoms with E-state index in [2.05, 4.69) is 16.0 Å². The molecule has 3 heterocycles. The lowest BCUT2D eigenvalue weighted by molar-refractivity contribution is -0.135. The van der Waals surface area contributed by atoms with Gasteiger partial charge in [0.15, 0.2) is 0 Å². The molecule has 0 bridgehead atoms. The third kappa shape index (κ3) is 4.50. The van der Waals surface area contributed by atoms with Gasteiger partial charge in [-0.2, -0.15) is 0 Å². The normalized spacial score (nSPS) is 18.8. The Hall–Kier alpha value is -2.69. The monoisotopic (exact) mass is 391 g/mol. The number of fused-ring (bicyclic) bond motifs is 1. The lowest BCUT2D eigenvalue weighted by atomic mass is 9.95. The first-order valence-corrected chi connectivity index (χ1v) is 10.8. The highest BCUT2D eigenvalue weighted by molar-refractivity contribution is 5.98. The van der Waals surface area contributed by atoms with Crippen molar-refractivity contribution in [3.63, 3.8) is 0 Å². The van der Waals surface area contributed by atoms with Crippen molar-refractivity contribution in [3.05, 3.63) is 65.5 Å². The van der Waals surface area contributed by atoms with Crippen LogP contribution in [0.15, 0.2) is 48.8 Å². The number of carbonyl (C=O) groups is 2. The van der Waals surface area contributed by atoms with E-state index in [1.807, 2.05) is 41.4 Å². The first kappa shape index (κ1) is 19.6. The third-order valence-electron chi connectivity index (χ3n) is 6.11. The number of amides is 2. The minimum absolute atomic E-state index is 0.143. The Kier molecular flexibility index (Phi) is 6.23. The van der Waals surface area contributed by atoms with Crippen LogP contribution in [-0.2, 0) is 11.3 Å². The molecular weight excluding hydrogens is 362 g/mol. The average molecular weight is 392 g/mol. The minimum Gasteiger partial charge on any atom is -0.336 e. The molecule has 1 aromatic carbocycles. The molecule has 1 aromatic heterocycles. The van der Waals surface area contributed by atoms with Gasteiger partial charge >= 0.3 is 0 Å². The molecule has 5 nitrogen and oxygen atoms in total. The number of hydrogen-bond donors (Lipinski definition) is 0. The van der Waals surface area contributed by atoms with Gasteiger partial charge in [0, 0.05) is 44.0 Å². The number of likely N-dealkylation sites (tertiary alicyclic amines) is 1. The molecule has 29 heavy (non-hydrogen) atoms. The van der Waals surface area contributed by atoms with Gasteiger partial charge < -0.3 is 9.80 Å². The molecule has 0 aliphatic carbocycles. The molecule has 0 unspecified atom stereocenters. The summed E-state index contributed by atoms with van der Waals surface area (Å²) in [5.74, 6) is 0.396. The molecule has 152 valence electrons. The molecule has 1 saturated heterocycles. The van der Waals surface area contributed by atoms with Crippen LogP contribution in [0.4, 0.5) is 0 Å². The number of nitrogens with zero attached hydrogens (tertiary/aromatic N) is 3. The van der Waals surface area contributed by atoms with Gasteiger partial charge in [-0.15, -0.1) is 0 Å². The zero-order valence-corrected chi connectivity index (χ0v) is 16.9. The van der Waals surface area contributed by atoms with Gasteiger partial charge in [0.25, 0.3) is 5.91 Å². The standard InChI is InChI=1S/C24H29N3O2/c28-23(27-16-7-5-12-22(27)19-10-8-14-25-17-19)13-2-1-6-15-26-18-20-9-3-4-11-21(20)24(26)29/h3-4,8-11,14,17,22H,1-2,5-7,12-13,15-16,18H2/t22-/m1/s1. The largest absolute Gasteiger partial charge is 0.336 e. The molecule has 5 heteroatoms. The number of rotatable bonds is 7. The van der Waals surface area contributed by atoms with Crippen molar-refractivity contribution in [2.24, 2.45) is 0 Å². The predicted molar refractivity (Wildman–Crippen MR) is 112 cm³/mol. The molecule has 0 N–H and O–H groups in total. The van der Waals surface area contributed by atoms with E-state index in [4.69, 9.17) is 0 Å². The van der Waals surface area contributed by atoms with Crippen LogP contribution < -0.4 is 0 Å². The van der Waals surface area contributed by atoms with E-state index in [1.54, 1.807) is 6.20 Å². The maximum atomic E-state index is 12.8.